The lowest BCUT2D eigenvalue weighted by atomic mass is 9.83. The third-order valence-electron chi connectivity index (χ3n) is 6.57. The molecule has 1 aliphatic carbocycles. The van der Waals surface area contributed by atoms with Crippen LogP contribution >= 0.6 is 0 Å². The number of rotatable bonds is 4. The van der Waals surface area contributed by atoms with Gasteiger partial charge in [0.2, 0.25) is 0 Å². The number of nitrogens with zero attached hydrogens (tertiary/aromatic N) is 5. The Morgan fingerprint density at radius 2 is 1.74 bits per heavy atom. The fraction of sp³-hybridized carbons (Fsp3) is 0.500. The molecule has 2 aliphatic heterocycles. The van der Waals surface area contributed by atoms with E-state index in [1.165, 1.54) is 30.5 Å². The normalized spacial score (nSPS) is 25.2. The maximum atomic E-state index is 8.93. The predicted molar refractivity (Wildman–Crippen MR) is 104 cm³/mol. The summed E-state index contributed by atoms with van der Waals surface area (Å²) in [6.45, 7) is 5.51. The molecule has 2 aromatic rings. The molecule has 0 amide bonds. The summed E-state index contributed by atoms with van der Waals surface area (Å²) in [5, 5.41) is 8.93. The van der Waals surface area contributed by atoms with Crippen molar-refractivity contribution in [2.75, 3.05) is 31.1 Å². The van der Waals surface area contributed by atoms with Gasteiger partial charge in [-0.05, 0) is 42.4 Å². The molecule has 3 aliphatic rings. The van der Waals surface area contributed by atoms with Crippen LogP contribution in [0.15, 0.2) is 36.7 Å². The van der Waals surface area contributed by atoms with E-state index in [1.807, 2.05) is 12.1 Å². The molecule has 2 saturated heterocycles. The molecular formula is C22H25N5. The molecule has 2 atom stereocenters. The van der Waals surface area contributed by atoms with Crippen LogP contribution in [0.4, 0.5) is 5.82 Å². The van der Waals surface area contributed by atoms with E-state index in [1.54, 1.807) is 6.33 Å². The first-order chi connectivity index (χ1) is 13.3. The smallest absolute Gasteiger partial charge is 0.132 e. The van der Waals surface area contributed by atoms with E-state index >= 15 is 0 Å². The van der Waals surface area contributed by atoms with Gasteiger partial charge in [-0.15, -0.1) is 0 Å². The third kappa shape index (κ3) is 3.30. The van der Waals surface area contributed by atoms with E-state index in [-0.39, 0.29) is 0 Å². The maximum Gasteiger partial charge on any atom is 0.132 e. The Morgan fingerprint density at radius 1 is 1.00 bits per heavy atom. The summed E-state index contributed by atoms with van der Waals surface area (Å²) in [6, 6.07) is 12.4. The van der Waals surface area contributed by atoms with Gasteiger partial charge in [-0.2, -0.15) is 5.26 Å². The summed E-state index contributed by atoms with van der Waals surface area (Å²) in [7, 11) is 0. The maximum absolute atomic E-state index is 8.93. The predicted octanol–water partition coefficient (Wildman–Crippen LogP) is 3.18. The molecule has 3 heterocycles. The van der Waals surface area contributed by atoms with Crippen molar-refractivity contribution in [2.45, 2.75) is 31.7 Å². The topological polar surface area (TPSA) is 56.1 Å². The van der Waals surface area contributed by atoms with Gasteiger partial charge in [-0.3, -0.25) is 4.90 Å². The van der Waals surface area contributed by atoms with E-state index in [0.717, 1.165) is 55.9 Å². The Kier molecular flexibility index (Phi) is 4.29. The van der Waals surface area contributed by atoms with Crippen molar-refractivity contribution in [1.29, 1.82) is 5.26 Å². The number of fused-ring (bicyclic) bond motifs is 1. The zero-order chi connectivity index (χ0) is 18.2. The lowest BCUT2D eigenvalue weighted by molar-refractivity contribution is 0.309. The summed E-state index contributed by atoms with van der Waals surface area (Å²) >= 11 is 0. The zero-order valence-electron chi connectivity index (χ0n) is 15.6. The van der Waals surface area contributed by atoms with E-state index in [2.05, 4.69) is 44.0 Å². The Balaban J connectivity index is 1.20. The van der Waals surface area contributed by atoms with E-state index in [0.29, 0.717) is 5.92 Å². The van der Waals surface area contributed by atoms with Crippen LogP contribution in [0.1, 0.15) is 42.0 Å². The van der Waals surface area contributed by atoms with Crippen molar-refractivity contribution in [3.8, 4) is 6.07 Å². The molecule has 0 N–H and O–H groups in total. The minimum atomic E-state index is 0.664. The Bertz CT molecular complexity index is 838. The summed E-state index contributed by atoms with van der Waals surface area (Å²) in [6.07, 6.45) is 5.67. The first kappa shape index (κ1) is 16.7. The molecule has 2 unspecified atom stereocenters. The van der Waals surface area contributed by atoms with Gasteiger partial charge >= 0.3 is 0 Å². The molecule has 27 heavy (non-hydrogen) atoms. The van der Waals surface area contributed by atoms with Crippen molar-refractivity contribution in [1.82, 2.24) is 14.9 Å². The highest BCUT2D eigenvalue weighted by Gasteiger charge is 2.40. The molecule has 1 saturated carbocycles. The van der Waals surface area contributed by atoms with Crippen LogP contribution in [0.3, 0.4) is 0 Å². The number of benzene rings is 1. The molecular weight excluding hydrogens is 334 g/mol. The Labute approximate surface area is 160 Å². The number of hydrogen-bond donors (Lipinski definition) is 0. The molecule has 1 aromatic heterocycles. The monoisotopic (exact) mass is 359 g/mol. The van der Waals surface area contributed by atoms with Crippen molar-refractivity contribution >= 4 is 5.82 Å². The standard InChI is InChI=1S/C22H25N5/c23-9-16-4-6-17(7-5-16)10-26-11-19-13-27(14-20(19)12-26)22-8-21(24-15-25-22)18-2-1-3-18/h4-8,15,18-20H,1-3,10-14H2. The highest BCUT2D eigenvalue weighted by atomic mass is 15.3. The lowest BCUT2D eigenvalue weighted by Gasteiger charge is -2.26. The fourth-order valence-corrected chi connectivity index (χ4v) is 4.81. The molecule has 0 spiro atoms. The van der Waals surface area contributed by atoms with Crippen molar-refractivity contribution in [3.63, 3.8) is 0 Å². The lowest BCUT2D eigenvalue weighted by Crippen LogP contribution is -2.29. The van der Waals surface area contributed by atoms with Crippen LogP contribution in [0.5, 0.6) is 0 Å². The van der Waals surface area contributed by atoms with Gasteiger partial charge in [-0.1, -0.05) is 18.6 Å². The van der Waals surface area contributed by atoms with E-state index in [9.17, 15) is 0 Å². The fourth-order valence-electron chi connectivity index (χ4n) is 4.81. The Hall–Kier alpha value is -2.45. The molecule has 3 fully saturated rings. The highest BCUT2D eigenvalue weighted by Crippen LogP contribution is 2.38. The largest absolute Gasteiger partial charge is 0.356 e. The highest BCUT2D eigenvalue weighted by molar-refractivity contribution is 5.42. The molecule has 0 radical (unpaired) electrons. The number of likely N-dealkylation sites (tertiary alicyclic amines) is 1. The van der Waals surface area contributed by atoms with E-state index < -0.39 is 0 Å². The van der Waals surface area contributed by atoms with Crippen molar-refractivity contribution in [3.05, 3.63) is 53.5 Å². The summed E-state index contributed by atoms with van der Waals surface area (Å²) in [5.41, 5.74) is 3.27. The van der Waals surface area contributed by atoms with Crippen LogP contribution < -0.4 is 4.90 Å². The zero-order valence-corrected chi connectivity index (χ0v) is 15.6. The Morgan fingerprint density at radius 3 is 2.37 bits per heavy atom. The molecule has 5 heteroatoms. The summed E-state index contributed by atoms with van der Waals surface area (Å²) in [5.74, 6) is 3.24. The van der Waals surface area contributed by atoms with Crippen molar-refractivity contribution in [2.24, 2.45) is 11.8 Å². The molecule has 138 valence electrons. The SMILES string of the molecule is N#Cc1ccc(CN2CC3CN(c4cc(C5CCC5)ncn4)CC3C2)cc1. The number of hydrogen-bond acceptors (Lipinski definition) is 5. The van der Waals surface area contributed by atoms with Crippen LogP contribution in [0.25, 0.3) is 0 Å². The quantitative estimate of drug-likeness (QED) is 0.839. The van der Waals surface area contributed by atoms with Gasteiger partial charge in [0.05, 0.1) is 11.6 Å². The van der Waals surface area contributed by atoms with Gasteiger partial charge in [0, 0.05) is 50.4 Å². The number of aromatic nitrogens is 2. The van der Waals surface area contributed by atoms with Gasteiger partial charge in [0.1, 0.15) is 12.1 Å². The van der Waals surface area contributed by atoms with Gasteiger partial charge in [0.15, 0.2) is 0 Å². The first-order valence-electron chi connectivity index (χ1n) is 10.1. The van der Waals surface area contributed by atoms with Gasteiger partial charge < -0.3 is 4.90 Å². The average molecular weight is 359 g/mol. The summed E-state index contributed by atoms with van der Waals surface area (Å²) in [4.78, 5) is 14.1. The van der Waals surface area contributed by atoms with Gasteiger partial charge in [-0.25, -0.2) is 9.97 Å². The van der Waals surface area contributed by atoms with Crippen LogP contribution in [0, 0.1) is 23.2 Å². The van der Waals surface area contributed by atoms with Crippen LogP contribution in [0.2, 0.25) is 0 Å². The average Bonchev–Trinajstić information content (AvgIpc) is 3.20. The van der Waals surface area contributed by atoms with E-state index in [4.69, 9.17) is 5.26 Å². The second-order valence-corrected chi connectivity index (χ2v) is 8.36. The number of nitriles is 1. The minimum Gasteiger partial charge on any atom is -0.356 e. The molecule has 0 bridgehead atoms. The third-order valence-corrected chi connectivity index (χ3v) is 6.57. The molecule has 5 nitrogen and oxygen atoms in total. The second-order valence-electron chi connectivity index (χ2n) is 8.36. The van der Waals surface area contributed by atoms with Crippen molar-refractivity contribution < 1.29 is 0 Å². The van der Waals surface area contributed by atoms with Crippen LogP contribution in [-0.4, -0.2) is 41.0 Å². The molecule has 1 aromatic carbocycles. The second kappa shape index (κ2) is 6.94. The van der Waals surface area contributed by atoms with Gasteiger partial charge in [0.25, 0.3) is 0 Å². The molecule has 5 rings (SSSR count). The minimum absolute atomic E-state index is 0.664. The van der Waals surface area contributed by atoms with Crippen LogP contribution in [-0.2, 0) is 6.54 Å². The summed E-state index contributed by atoms with van der Waals surface area (Å²) < 4.78 is 0. The first-order valence-corrected chi connectivity index (χ1v) is 10.1. The number of anilines is 1.